The summed E-state index contributed by atoms with van der Waals surface area (Å²) in [4.78, 5) is 13.4. The van der Waals surface area contributed by atoms with E-state index in [-0.39, 0.29) is 11.8 Å². The van der Waals surface area contributed by atoms with Crippen LogP contribution in [0.25, 0.3) is 22.4 Å². The normalized spacial score (nSPS) is 18.4. The number of H-pyrrole nitrogens is 1. The molecule has 10 heteroatoms. The van der Waals surface area contributed by atoms with Gasteiger partial charge in [0.1, 0.15) is 11.3 Å². The summed E-state index contributed by atoms with van der Waals surface area (Å²) in [5.41, 5.74) is 2.83. The lowest BCUT2D eigenvalue weighted by atomic mass is 10.1. The van der Waals surface area contributed by atoms with Gasteiger partial charge in [-0.15, -0.1) is 0 Å². The fourth-order valence-electron chi connectivity index (χ4n) is 3.48. The first kappa shape index (κ1) is 18.8. The number of anilines is 1. The summed E-state index contributed by atoms with van der Waals surface area (Å²) < 4.78 is 26.4. The number of nitrogens with zero attached hydrogens (tertiary/aromatic N) is 5. The van der Waals surface area contributed by atoms with Gasteiger partial charge in [0.25, 0.3) is 0 Å². The smallest absolute Gasteiger partial charge is 0.214 e. The molecule has 3 aromatic rings. The Bertz CT molecular complexity index is 1070. The first-order chi connectivity index (χ1) is 13.6. The van der Waals surface area contributed by atoms with Gasteiger partial charge in [-0.2, -0.15) is 9.40 Å². The Morgan fingerprint density at radius 2 is 2.21 bits per heavy atom. The number of nitrogens with one attached hydrogen (secondary N) is 2. The van der Waals surface area contributed by atoms with E-state index in [1.165, 1.54) is 0 Å². The molecule has 28 heavy (non-hydrogen) atoms. The number of piperidine rings is 1. The van der Waals surface area contributed by atoms with Crippen LogP contribution < -0.4 is 5.32 Å². The van der Waals surface area contributed by atoms with Crippen LogP contribution in [0, 0.1) is 0 Å². The average Bonchev–Trinajstić information content (AvgIpc) is 3.16. The van der Waals surface area contributed by atoms with Crippen LogP contribution in [0.1, 0.15) is 26.2 Å². The molecule has 0 bridgehead atoms. The first-order valence-corrected chi connectivity index (χ1v) is 11.0. The van der Waals surface area contributed by atoms with Gasteiger partial charge in [0, 0.05) is 30.9 Å². The second-order valence-corrected chi connectivity index (χ2v) is 9.00. The molecule has 1 aliphatic rings. The number of aromatic nitrogens is 5. The van der Waals surface area contributed by atoms with Crippen LogP contribution >= 0.6 is 0 Å². The van der Waals surface area contributed by atoms with Crippen molar-refractivity contribution < 1.29 is 8.42 Å². The molecule has 0 amide bonds. The maximum Gasteiger partial charge on any atom is 0.214 e. The first-order valence-electron chi connectivity index (χ1n) is 9.42. The molecule has 0 aliphatic carbocycles. The Morgan fingerprint density at radius 3 is 3.07 bits per heavy atom. The Balaban J connectivity index is 1.57. The third-order valence-corrected chi connectivity index (χ3v) is 6.86. The maximum absolute atomic E-state index is 12.4. The summed E-state index contributed by atoms with van der Waals surface area (Å²) >= 11 is 0. The van der Waals surface area contributed by atoms with Crippen LogP contribution in [-0.2, 0) is 10.0 Å². The Morgan fingerprint density at radius 1 is 1.32 bits per heavy atom. The number of rotatable bonds is 6. The zero-order valence-corrected chi connectivity index (χ0v) is 16.5. The molecule has 9 nitrogen and oxygen atoms in total. The molecule has 1 fully saturated rings. The zero-order chi connectivity index (χ0) is 19.6. The number of sulfonamides is 1. The van der Waals surface area contributed by atoms with Crippen molar-refractivity contribution in [1.29, 1.82) is 0 Å². The van der Waals surface area contributed by atoms with E-state index in [0.717, 1.165) is 18.4 Å². The summed E-state index contributed by atoms with van der Waals surface area (Å²) in [5.74, 6) is 0.869. The zero-order valence-electron chi connectivity index (χ0n) is 15.7. The summed E-state index contributed by atoms with van der Waals surface area (Å²) in [5, 5.41) is 10.2. The predicted octanol–water partition coefficient (Wildman–Crippen LogP) is 2.03. The Hall–Kier alpha value is -2.59. The summed E-state index contributed by atoms with van der Waals surface area (Å²) in [6.45, 7) is 2.91. The quantitative estimate of drug-likeness (QED) is 0.649. The van der Waals surface area contributed by atoms with E-state index in [0.29, 0.717) is 42.2 Å². The molecule has 1 unspecified atom stereocenters. The third-order valence-electron chi connectivity index (χ3n) is 4.82. The summed E-state index contributed by atoms with van der Waals surface area (Å²) in [6.07, 6.45) is 7.36. The number of aromatic amines is 1. The molecule has 4 rings (SSSR count). The van der Waals surface area contributed by atoms with Crippen molar-refractivity contribution in [3.05, 3.63) is 30.7 Å². The molecule has 148 valence electrons. The van der Waals surface area contributed by atoms with Crippen molar-refractivity contribution in [2.24, 2.45) is 0 Å². The van der Waals surface area contributed by atoms with Crippen LogP contribution in [0.15, 0.2) is 30.7 Å². The molecule has 0 aromatic carbocycles. The van der Waals surface area contributed by atoms with E-state index in [1.807, 2.05) is 19.1 Å². The van der Waals surface area contributed by atoms with Gasteiger partial charge in [-0.3, -0.25) is 5.10 Å². The second-order valence-electron chi connectivity index (χ2n) is 6.92. The highest BCUT2D eigenvalue weighted by molar-refractivity contribution is 7.89. The van der Waals surface area contributed by atoms with Crippen molar-refractivity contribution in [1.82, 2.24) is 29.5 Å². The van der Waals surface area contributed by atoms with Crippen LogP contribution in [0.2, 0.25) is 0 Å². The topological polar surface area (TPSA) is 117 Å². The minimum atomic E-state index is -3.20. The Kier molecular flexibility index (Phi) is 5.23. The van der Waals surface area contributed by atoms with E-state index < -0.39 is 10.0 Å². The minimum absolute atomic E-state index is 0.000327. The standard InChI is InChI=1S/C18H23N7O2S/c1-2-9-28(26,27)25-8-4-5-13(12-25)22-17-14(6-3-7-19-17)15-10-20-18-16(23-15)11-21-24-18/h3,6-7,10-11,13H,2,4-5,8-9,12H2,1H3,(H,19,22)(H,20,21,24). The van der Waals surface area contributed by atoms with Crippen molar-refractivity contribution in [2.75, 3.05) is 24.2 Å². The maximum atomic E-state index is 12.4. The molecule has 1 saturated heterocycles. The van der Waals surface area contributed by atoms with E-state index in [1.54, 1.807) is 22.9 Å². The fourth-order valence-corrected chi connectivity index (χ4v) is 5.07. The van der Waals surface area contributed by atoms with Crippen LogP contribution in [0.5, 0.6) is 0 Å². The molecule has 0 radical (unpaired) electrons. The molecule has 0 saturated carbocycles. The van der Waals surface area contributed by atoms with Gasteiger partial charge >= 0.3 is 0 Å². The highest BCUT2D eigenvalue weighted by atomic mass is 32.2. The molecule has 0 spiro atoms. The lowest BCUT2D eigenvalue weighted by Crippen LogP contribution is -2.46. The Labute approximate surface area is 163 Å². The molecular weight excluding hydrogens is 378 g/mol. The van der Waals surface area contributed by atoms with Crippen molar-refractivity contribution >= 4 is 27.0 Å². The molecule has 4 heterocycles. The monoisotopic (exact) mass is 401 g/mol. The van der Waals surface area contributed by atoms with Gasteiger partial charge < -0.3 is 5.32 Å². The highest BCUT2D eigenvalue weighted by Crippen LogP contribution is 2.27. The lowest BCUT2D eigenvalue weighted by molar-refractivity contribution is 0.326. The van der Waals surface area contributed by atoms with Gasteiger partial charge in [-0.25, -0.2) is 23.4 Å². The number of hydrogen-bond acceptors (Lipinski definition) is 7. The molecule has 1 aliphatic heterocycles. The van der Waals surface area contributed by atoms with Crippen LogP contribution in [-0.4, -0.2) is 62.8 Å². The molecule has 3 aromatic heterocycles. The van der Waals surface area contributed by atoms with Gasteiger partial charge in [-0.05, 0) is 31.4 Å². The molecular formula is C18H23N7O2S. The van der Waals surface area contributed by atoms with Crippen molar-refractivity contribution in [2.45, 2.75) is 32.2 Å². The lowest BCUT2D eigenvalue weighted by Gasteiger charge is -2.32. The summed E-state index contributed by atoms with van der Waals surface area (Å²) in [7, 11) is -3.20. The third kappa shape index (κ3) is 3.83. The van der Waals surface area contributed by atoms with E-state index in [4.69, 9.17) is 0 Å². The van der Waals surface area contributed by atoms with Crippen molar-refractivity contribution in [3.63, 3.8) is 0 Å². The van der Waals surface area contributed by atoms with Gasteiger partial charge in [-0.1, -0.05) is 6.92 Å². The fraction of sp³-hybridized carbons (Fsp3) is 0.444. The van der Waals surface area contributed by atoms with Crippen LogP contribution in [0.3, 0.4) is 0 Å². The largest absolute Gasteiger partial charge is 0.365 e. The molecule has 2 N–H and O–H groups in total. The summed E-state index contributed by atoms with van der Waals surface area (Å²) in [6, 6.07) is 3.78. The number of fused-ring (bicyclic) bond motifs is 1. The van der Waals surface area contributed by atoms with Gasteiger partial charge in [0.15, 0.2) is 5.65 Å². The van der Waals surface area contributed by atoms with Gasteiger partial charge in [0.05, 0.1) is 23.8 Å². The highest BCUT2D eigenvalue weighted by Gasteiger charge is 2.28. The van der Waals surface area contributed by atoms with Crippen molar-refractivity contribution in [3.8, 4) is 11.3 Å². The van der Waals surface area contributed by atoms with E-state index in [2.05, 4.69) is 30.5 Å². The second kappa shape index (κ2) is 7.80. The number of pyridine rings is 1. The average molecular weight is 401 g/mol. The SMILES string of the molecule is CCCS(=O)(=O)N1CCCC(Nc2ncccc2-c2cnc3[nH]ncc3n2)C1. The van der Waals surface area contributed by atoms with Gasteiger partial charge in [0.2, 0.25) is 10.0 Å². The molecule has 1 atom stereocenters. The van der Waals surface area contributed by atoms with E-state index in [9.17, 15) is 8.42 Å². The minimum Gasteiger partial charge on any atom is -0.365 e. The van der Waals surface area contributed by atoms with E-state index >= 15 is 0 Å². The number of hydrogen-bond donors (Lipinski definition) is 2. The van der Waals surface area contributed by atoms with Crippen LogP contribution in [0.4, 0.5) is 5.82 Å². The predicted molar refractivity (Wildman–Crippen MR) is 107 cm³/mol.